The Morgan fingerprint density at radius 3 is 2.82 bits per heavy atom. The van der Waals surface area contributed by atoms with Gasteiger partial charge in [0.1, 0.15) is 17.7 Å². The highest BCUT2D eigenvalue weighted by Crippen LogP contribution is 2.24. The first-order chi connectivity index (χ1) is 10.5. The zero-order chi connectivity index (χ0) is 15.9. The van der Waals surface area contributed by atoms with Crippen LogP contribution in [0.15, 0.2) is 36.8 Å². The number of benzene rings is 1. The van der Waals surface area contributed by atoms with Crippen molar-refractivity contribution in [3.63, 3.8) is 0 Å². The van der Waals surface area contributed by atoms with Crippen LogP contribution >= 0.6 is 11.6 Å². The van der Waals surface area contributed by atoms with Gasteiger partial charge in [0.25, 0.3) is 0 Å². The number of hydroxylamine groups is 2. The molecule has 0 aliphatic rings. The minimum Gasteiger partial charge on any atom is -0.297 e. The van der Waals surface area contributed by atoms with E-state index in [9.17, 15) is 9.60 Å². The second kappa shape index (κ2) is 5.36. The molecule has 2 heterocycles. The number of pyridine rings is 1. The number of imidazole rings is 1. The molecule has 0 radical (unpaired) electrons. The third-order valence-corrected chi connectivity index (χ3v) is 3.49. The lowest BCUT2D eigenvalue weighted by molar-refractivity contribution is 0.0134. The first-order valence-corrected chi connectivity index (χ1v) is 6.66. The van der Waals surface area contributed by atoms with Crippen molar-refractivity contribution in [3.8, 4) is 5.69 Å². The van der Waals surface area contributed by atoms with E-state index in [-0.39, 0.29) is 10.9 Å². The SMILES string of the molecule is CN(O)C(=N)c1ccnc2ncn(-c3ccc(F)c(Cl)c3)c12. The molecule has 0 unspecified atom stereocenters. The van der Waals surface area contributed by atoms with Gasteiger partial charge in [0.2, 0.25) is 0 Å². The van der Waals surface area contributed by atoms with Crippen molar-refractivity contribution in [2.75, 3.05) is 7.05 Å². The van der Waals surface area contributed by atoms with Crippen molar-refractivity contribution in [2.45, 2.75) is 0 Å². The summed E-state index contributed by atoms with van der Waals surface area (Å²) in [6.07, 6.45) is 3.01. The Bertz CT molecular complexity index is 877. The molecular weight excluding hydrogens is 309 g/mol. The minimum absolute atomic E-state index is 0.0147. The van der Waals surface area contributed by atoms with Crippen LogP contribution in [0.5, 0.6) is 0 Å². The van der Waals surface area contributed by atoms with Gasteiger partial charge < -0.3 is 0 Å². The third kappa shape index (κ3) is 2.30. The maximum absolute atomic E-state index is 13.3. The van der Waals surface area contributed by atoms with Gasteiger partial charge in [-0.25, -0.2) is 19.4 Å². The van der Waals surface area contributed by atoms with Crippen LogP contribution in [0, 0.1) is 11.2 Å². The zero-order valence-corrected chi connectivity index (χ0v) is 12.2. The van der Waals surface area contributed by atoms with E-state index in [4.69, 9.17) is 17.0 Å². The van der Waals surface area contributed by atoms with Crippen molar-refractivity contribution < 1.29 is 9.60 Å². The summed E-state index contributed by atoms with van der Waals surface area (Å²) in [5.74, 6) is -0.627. The topological polar surface area (TPSA) is 78.0 Å². The fraction of sp³-hybridized carbons (Fsp3) is 0.0714. The predicted octanol–water partition coefficient (Wildman–Crippen LogP) is 2.86. The highest BCUT2D eigenvalue weighted by molar-refractivity contribution is 6.30. The zero-order valence-electron chi connectivity index (χ0n) is 11.5. The van der Waals surface area contributed by atoms with Gasteiger partial charge in [-0.3, -0.25) is 15.2 Å². The van der Waals surface area contributed by atoms with E-state index in [2.05, 4.69) is 9.97 Å². The van der Waals surface area contributed by atoms with Crippen LogP contribution in [0.3, 0.4) is 0 Å². The average molecular weight is 320 g/mol. The molecule has 0 atom stereocenters. The van der Waals surface area contributed by atoms with Crippen molar-refractivity contribution in [2.24, 2.45) is 0 Å². The lowest BCUT2D eigenvalue weighted by Gasteiger charge is -2.14. The summed E-state index contributed by atoms with van der Waals surface area (Å²) in [5, 5.41) is 18.1. The number of rotatable bonds is 2. The second-order valence-corrected chi connectivity index (χ2v) is 5.02. The Morgan fingerprint density at radius 2 is 2.14 bits per heavy atom. The van der Waals surface area contributed by atoms with Crippen LogP contribution in [-0.4, -0.2) is 37.7 Å². The highest BCUT2D eigenvalue weighted by Gasteiger charge is 2.16. The molecule has 112 valence electrons. The molecule has 0 spiro atoms. The molecule has 0 bridgehead atoms. The Kier molecular flexibility index (Phi) is 3.51. The smallest absolute Gasteiger partial charge is 0.178 e. The average Bonchev–Trinajstić information content (AvgIpc) is 2.93. The van der Waals surface area contributed by atoms with Gasteiger partial charge in [-0.2, -0.15) is 0 Å². The lowest BCUT2D eigenvalue weighted by Crippen LogP contribution is -2.23. The molecule has 0 fully saturated rings. The Morgan fingerprint density at radius 1 is 1.36 bits per heavy atom. The van der Waals surface area contributed by atoms with Gasteiger partial charge in [0.15, 0.2) is 11.5 Å². The summed E-state index contributed by atoms with van der Waals surface area (Å²) in [6, 6.07) is 5.86. The monoisotopic (exact) mass is 319 g/mol. The number of halogens is 2. The van der Waals surface area contributed by atoms with E-state index in [0.29, 0.717) is 27.5 Å². The fourth-order valence-electron chi connectivity index (χ4n) is 2.14. The van der Waals surface area contributed by atoms with Gasteiger partial charge in [-0.15, -0.1) is 0 Å². The summed E-state index contributed by atoms with van der Waals surface area (Å²) < 4.78 is 15.0. The van der Waals surface area contributed by atoms with Crippen molar-refractivity contribution in [1.29, 1.82) is 5.41 Å². The molecule has 22 heavy (non-hydrogen) atoms. The summed E-state index contributed by atoms with van der Waals surface area (Å²) in [6.45, 7) is 0. The molecule has 2 N–H and O–H groups in total. The first kappa shape index (κ1) is 14.4. The number of fused-ring (bicyclic) bond motifs is 1. The summed E-state index contributed by atoms with van der Waals surface area (Å²) in [7, 11) is 1.35. The number of nitrogens with one attached hydrogen (secondary N) is 1. The second-order valence-electron chi connectivity index (χ2n) is 4.62. The largest absolute Gasteiger partial charge is 0.297 e. The van der Waals surface area contributed by atoms with Gasteiger partial charge in [0, 0.05) is 24.5 Å². The molecule has 6 nitrogen and oxygen atoms in total. The van der Waals surface area contributed by atoms with Gasteiger partial charge >= 0.3 is 0 Å². The van der Waals surface area contributed by atoms with E-state index in [0.717, 1.165) is 0 Å². The summed E-state index contributed by atoms with van der Waals surface area (Å²) in [5.41, 5.74) is 1.95. The molecule has 3 rings (SSSR count). The molecule has 2 aromatic heterocycles. The first-order valence-electron chi connectivity index (χ1n) is 6.28. The number of amidine groups is 1. The van der Waals surface area contributed by atoms with Crippen molar-refractivity contribution in [3.05, 3.63) is 53.2 Å². The highest BCUT2D eigenvalue weighted by atomic mass is 35.5. The third-order valence-electron chi connectivity index (χ3n) is 3.20. The van der Waals surface area contributed by atoms with E-state index in [1.165, 1.54) is 31.7 Å². The number of aromatic nitrogens is 3. The molecule has 1 aromatic carbocycles. The number of hydrogen-bond donors (Lipinski definition) is 2. The van der Waals surface area contributed by atoms with Crippen LogP contribution in [0.25, 0.3) is 16.9 Å². The minimum atomic E-state index is -0.518. The molecule has 8 heteroatoms. The Balaban J connectivity index is 2.26. The van der Waals surface area contributed by atoms with Crippen molar-refractivity contribution in [1.82, 2.24) is 19.6 Å². The lowest BCUT2D eigenvalue weighted by atomic mass is 10.2. The van der Waals surface area contributed by atoms with E-state index >= 15 is 0 Å². The van der Waals surface area contributed by atoms with Gasteiger partial charge in [-0.05, 0) is 24.3 Å². The molecule has 0 saturated heterocycles. The molecule has 3 aromatic rings. The summed E-state index contributed by atoms with van der Waals surface area (Å²) in [4.78, 5) is 8.30. The predicted molar refractivity (Wildman–Crippen MR) is 80.2 cm³/mol. The Hall–Kier alpha value is -2.51. The molecule has 0 amide bonds. The van der Waals surface area contributed by atoms with Crippen LogP contribution in [0.2, 0.25) is 5.02 Å². The standard InChI is InChI=1S/C14H11ClFN5O/c1-20(22)13(17)9-4-5-18-14-12(9)21(7-19-14)8-2-3-11(16)10(15)6-8/h2-7,17,22H,1H3. The molecule has 0 aliphatic carbocycles. The number of nitrogens with zero attached hydrogens (tertiary/aromatic N) is 4. The van der Waals surface area contributed by atoms with E-state index < -0.39 is 5.82 Å². The van der Waals surface area contributed by atoms with Crippen LogP contribution < -0.4 is 0 Å². The van der Waals surface area contributed by atoms with Crippen LogP contribution in [0.1, 0.15) is 5.56 Å². The maximum Gasteiger partial charge on any atom is 0.178 e. The van der Waals surface area contributed by atoms with Gasteiger partial charge in [-0.1, -0.05) is 11.6 Å². The molecule has 0 aliphatic heterocycles. The normalized spacial score (nSPS) is 10.9. The Labute approximate surface area is 129 Å². The maximum atomic E-state index is 13.3. The quantitative estimate of drug-likeness (QED) is 0.432. The fourth-order valence-corrected chi connectivity index (χ4v) is 2.32. The van der Waals surface area contributed by atoms with Crippen LogP contribution in [0.4, 0.5) is 4.39 Å². The van der Waals surface area contributed by atoms with E-state index in [1.54, 1.807) is 16.7 Å². The summed E-state index contributed by atoms with van der Waals surface area (Å²) >= 11 is 5.82. The number of hydrogen-bond acceptors (Lipinski definition) is 4. The van der Waals surface area contributed by atoms with E-state index in [1.807, 2.05) is 0 Å². The molecular formula is C14H11ClFN5O. The van der Waals surface area contributed by atoms with Gasteiger partial charge in [0.05, 0.1) is 5.02 Å². The van der Waals surface area contributed by atoms with Crippen molar-refractivity contribution >= 4 is 28.6 Å². The molecule has 0 saturated carbocycles. The van der Waals surface area contributed by atoms with Crippen LogP contribution in [-0.2, 0) is 0 Å².